The van der Waals surface area contributed by atoms with Gasteiger partial charge in [0.15, 0.2) is 5.78 Å². The highest BCUT2D eigenvalue weighted by molar-refractivity contribution is 7.21. The van der Waals surface area contributed by atoms with Gasteiger partial charge in [0.2, 0.25) is 5.91 Å². The molecule has 3 atom stereocenters. The van der Waals surface area contributed by atoms with Gasteiger partial charge in [0.1, 0.15) is 11.3 Å². The lowest BCUT2D eigenvalue weighted by molar-refractivity contribution is -0.274. The van der Waals surface area contributed by atoms with Crippen LogP contribution in [0.1, 0.15) is 45.2 Å². The predicted octanol–water partition coefficient (Wildman–Crippen LogP) is 3.07. The first-order valence-corrected chi connectivity index (χ1v) is 13.2. The fourth-order valence-corrected chi connectivity index (χ4v) is 6.66. The molecule has 0 spiro atoms. The molecule has 40 heavy (non-hydrogen) atoms. The lowest BCUT2D eigenvalue weighted by Crippen LogP contribution is -2.53. The Morgan fingerprint density at radius 2 is 2.00 bits per heavy atom. The van der Waals surface area contributed by atoms with Crippen LogP contribution in [0.3, 0.4) is 0 Å². The van der Waals surface area contributed by atoms with Gasteiger partial charge in [-0.1, -0.05) is 24.8 Å². The van der Waals surface area contributed by atoms with Gasteiger partial charge in [-0.2, -0.15) is 0 Å². The van der Waals surface area contributed by atoms with Gasteiger partial charge >= 0.3 is 6.36 Å². The standard InChI is InChI=1S/C27H26F3N5O4S/c1-2-18(36)35-10-4-6-14(12-35)34-25(38)23-20-19-16(8-9-17(31)22(19)40-23)26(33,24(37)21(20)32)13-5-3-7-15(11-13)39-27(28,29)30/h2-3,5,7-9,11,14,21H,1,4,6,10,12,31-33H2,(H,34,38). The number of rotatable bonds is 5. The fourth-order valence-electron chi connectivity index (χ4n) is 5.46. The maximum absolute atomic E-state index is 13.8. The molecule has 13 heteroatoms. The van der Waals surface area contributed by atoms with Crippen LogP contribution >= 0.6 is 11.3 Å². The van der Waals surface area contributed by atoms with Gasteiger partial charge in [-0.25, -0.2) is 0 Å². The minimum Gasteiger partial charge on any atom is -0.406 e. The van der Waals surface area contributed by atoms with Crippen molar-refractivity contribution >= 4 is 44.7 Å². The maximum Gasteiger partial charge on any atom is 0.573 e. The molecule has 0 saturated carbocycles. The Bertz CT molecular complexity index is 1550. The Hall–Kier alpha value is -3.94. The van der Waals surface area contributed by atoms with Crippen LogP contribution < -0.4 is 27.3 Å². The molecule has 1 aliphatic heterocycles. The molecular formula is C27H26F3N5O4S. The third kappa shape index (κ3) is 4.59. The van der Waals surface area contributed by atoms with Crippen LogP contribution in [0.25, 0.3) is 10.1 Å². The van der Waals surface area contributed by atoms with Crippen molar-refractivity contribution in [2.24, 2.45) is 11.5 Å². The maximum atomic E-state index is 13.8. The van der Waals surface area contributed by atoms with Crippen molar-refractivity contribution in [1.82, 2.24) is 10.2 Å². The minimum atomic E-state index is -4.95. The summed E-state index contributed by atoms with van der Waals surface area (Å²) in [5, 5.41) is 3.36. The summed E-state index contributed by atoms with van der Waals surface area (Å²) in [6, 6.07) is 6.21. The molecular weight excluding hydrogens is 547 g/mol. The van der Waals surface area contributed by atoms with Crippen molar-refractivity contribution in [3.05, 3.63) is 70.6 Å². The van der Waals surface area contributed by atoms with Crippen molar-refractivity contribution in [3.8, 4) is 5.75 Å². The zero-order valence-electron chi connectivity index (χ0n) is 21.1. The smallest absolute Gasteiger partial charge is 0.406 e. The Morgan fingerprint density at radius 1 is 1.25 bits per heavy atom. The summed E-state index contributed by atoms with van der Waals surface area (Å²) in [7, 11) is 0. The highest BCUT2D eigenvalue weighted by atomic mass is 32.1. The van der Waals surface area contributed by atoms with Gasteiger partial charge < -0.3 is 32.2 Å². The number of Topliss-reactive ketones (excluding diaryl/α,β-unsaturated/α-hetero) is 1. The van der Waals surface area contributed by atoms with E-state index in [9.17, 15) is 27.6 Å². The Morgan fingerprint density at radius 3 is 2.70 bits per heavy atom. The van der Waals surface area contributed by atoms with Gasteiger partial charge in [0.25, 0.3) is 5.91 Å². The van der Waals surface area contributed by atoms with Crippen LogP contribution in [-0.2, 0) is 15.1 Å². The van der Waals surface area contributed by atoms with E-state index in [4.69, 9.17) is 17.2 Å². The molecule has 0 radical (unpaired) electrons. The first-order valence-electron chi connectivity index (χ1n) is 12.4. The summed E-state index contributed by atoms with van der Waals surface area (Å²) in [4.78, 5) is 41.2. The van der Waals surface area contributed by atoms with E-state index in [2.05, 4.69) is 16.6 Å². The summed E-state index contributed by atoms with van der Waals surface area (Å²) >= 11 is 1.06. The second kappa shape index (κ2) is 9.91. The second-order valence-corrected chi connectivity index (χ2v) is 10.8. The lowest BCUT2D eigenvalue weighted by atomic mass is 9.70. The summed E-state index contributed by atoms with van der Waals surface area (Å²) in [5.41, 5.74) is 18.3. The molecule has 7 N–H and O–H groups in total. The number of likely N-dealkylation sites (tertiary alicyclic amines) is 1. The molecule has 3 aromatic rings. The van der Waals surface area contributed by atoms with E-state index in [0.29, 0.717) is 41.7 Å². The zero-order chi connectivity index (χ0) is 29.0. The third-order valence-corrected chi connectivity index (χ3v) is 8.54. The van der Waals surface area contributed by atoms with Crippen LogP contribution in [0.5, 0.6) is 5.75 Å². The molecule has 3 unspecified atom stereocenters. The van der Waals surface area contributed by atoms with Crippen LogP contribution in [0, 0.1) is 0 Å². The second-order valence-electron chi connectivity index (χ2n) is 9.78. The lowest BCUT2D eigenvalue weighted by Gasteiger charge is -2.37. The number of hydrogen-bond donors (Lipinski definition) is 4. The number of carbonyl (C=O) groups excluding carboxylic acids is 3. The molecule has 2 aromatic carbocycles. The third-order valence-electron chi connectivity index (χ3n) is 7.29. The summed E-state index contributed by atoms with van der Waals surface area (Å²) in [6.07, 6.45) is -2.39. The van der Waals surface area contributed by atoms with E-state index in [1.165, 1.54) is 30.3 Å². The van der Waals surface area contributed by atoms with Crippen molar-refractivity contribution < 1.29 is 32.3 Å². The Kier molecular flexibility index (Phi) is 6.84. The van der Waals surface area contributed by atoms with Gasteiger partial charge in [0, 0.05) is 35.8 Å². The summed E-state index contributed by atoms with van der Waals surface area (Å²) in [5.74, 6) is -1.96. The molecule has 210 valence electrons. The number of nitrogens with zero attached hydrogens (tertiary/aromatic N) is 1. The first kappa shape index (κ1) is 27.6. The number of nitrogen functional groups attached to an aromatic ring is 1. The van der Waals surface area contributed by atoms with Crippen LogP contribution in [0.15, 0.2) is 49.1 Å². The molecule has 2 aliphatic rings. The largest absolute Gasteiger partial charge is 0.573 e. The number of benzene rings is 2. The summed E-state index contributed by atoms with van der Waals surface area (Å²) < 4.78 is 43.2. The molecule has 5 rings (SSSR count). The molecule has 2 amide bonds. The summed E-state index contributed by atoms with van der Waals surface area (Å²) in [6.45, 7) is 4.36. The van der Waals surface area contributed by atoms with E-state index in [-0.39, 0.29) is 33.5 Å². The van der Waals surface area contributed by atoms with Gasteiger partial charge in [0.05, 0.1) is 15.6 Å². The van der Waals surface area contributed by atoms with Gasteiger partial charge in [-0.3, -0.25) is 14.4 Å². The number of alkyl halides is 3. The predicted molar refractivity (Wildman–Crippen MR) is 144 cm³/mol. The number of nitrogens with one attached hydrogen (secondary N) is 1. The Labute approximate surface area is 230 Å². The fraction of sp³-hybridized carbons (Fsp3) is 0.296. The highest BCUT2D eigenvalue weighted by Gasteiger charge is 2.49. The number of thiophene rings is 1. The average molecular weight is 574 g/mol. The molecule has 9 nitrogen and oxygen atoms in total. The van der Waals surface area contributed by atoms with E-state index in [1.807, 2.05) is 0 Å². The van der Waals surface area contributed by atoms with Crippen molar-refractivity contribution in [2.75, 3.05) is 18.8 Å². The van der Waals surface area contributed by atoms with Crippen molar-refractivity contribution in [1.29, 1.82) is 0 Å². The van der Waals surface area contributed by atoms with E-state index < -0.39 is 35.4 Å². The number of halogens is 3. The number of ether oxygens (including phenoxy) is 1. The SMILES string of the molecule is C=CC(=O)N1CCCC(NC(=O)c2sc3c(N)ccc4c3c2C(N)C(=O)C4(N)c2cccc(OC(F)(F)F)c2)C1. The van der Waals surface area contributed by atoms with E-state index >= 15 is 0 Å². The average Bonchev–Trinajstić information content (AvgIpc) is 3.32. The monoisotopic (exact) mass is 573 g/mol. The Balaban J connectivity index is 1.58. The number of carbonyl (C=O) groups is 3. The van der Waals surface area contributed by atoms with Crippen molar-refractivity contribution in [2.45, 2.75) is 36.8 Å². The molecule has 0 bridgehead atoms. The van der Waals surface area contributed by atoms with Gasteiger partial charge in [-0.05, 0) is 48.2 Å². The molecule has 1 saturated heterocycles. The molecule has 2 heterocycles. The zero-order valence-corrected chi connectivity index (χ0v) is 21.9. The number of ketones is 1. The van der Waals surface area contributed by atoms with Gasteiger partial charge in [-0.15, -0.1) is 24.5 Å². The van der Waals surface area contributed by atoms with Crippen molar-refractivity contribution in [3.63, 3.8) is 0 Å². The number of nitrogens with two attached hydrogens (primary N) is 3. The van der Waals surface area contributed by atoms with Crippen LogP contribution in [0.2, 0.25) is 0 Å². The minimum absolute atomic E-state index is 0.0396. The number of amides is 2. The highest BCUT2D eigenvalue weighted by Crippen LogP contribution is 2.49. The normalized spacial score (nSPS) is 22.7. The first-order chi connectivity index (χ1) is 18.8. The van der Waals surface area contributed by atoms with E-state index in [1.54, 1.807) is 4.90 Å². The quantitative estimate of drug-likeness (QED) is 0.270. The van der Waals surface area contributed by atoms with Crippen LogP contribution in [-0.4, -0.2) is 48.0 Å². The van der Waals surface area contributed by atoms with Crippen LogP contribution in [0.4, 0.5) is 18.9 Å². The molecule has 1 aromatic heterocycles. The number of piperidine rings is 1. The molecule has 1 aliphatic carbocycles. The number of hydrogen-bond acceptors (Lipinski definition) is 8. The molecule has 1 fully saturated rings. The number of anilines is 1. The van der Waals surface area contributed by atoms with E-state index in [0.717, 1.165) is 23.5 Å². The topological polar surface area (TPSA) is 154 Å².